The third kappa shape index (κ3) is 20.2. The van der Waals surface area contributed by atoms with Crippen molar-refractivity contribution in [2.45, 2.75) is 142 Å². The molecule has 0 amide bonds. The minimum atomic E-state index is 0.812. The van der Waals surface area contributed by atoms with Crippen LogP contribution in [0, 0.1) is 0 Å². The summed E-state index contributed by atoms with van der Waals surface area (Å²) in [5, 5.41) is 0. The van der Waals surface area contributed by atoms with Crippen LogP contribution in [0.5, 0.6) is 0 Å². The highest BCUT2D eigenvalue weighted by atomic mass is 15.1. The molecule has 1 heteroatoms. The monoisotopic (exact) mass is 379 g/mol. The van der Waals surface area contributed by atoms with E-state index in [1.807, 2.05) is 0 Å². The van der Waals surface area contributed by atoms with E-state index in [-0.39, 0.29) is 0 Å². The van der Waals surface area contributed by atoms with Gasteiger partial charge in [-0.05, 0) is 52.6 Å². The maximum Gasteiger partial charge on any atom is 0.00891 e. The Morgan fingerprint density at radius 1 is 0.519 bits per heavy atom. The van der Waals surface area contributed by atoms with Crippen LogP contribution in [0.15, 0.2) is 12.2 Å². The van der Waals surface area contributed by atoms with Gasteiger partial charge < -0.3 is 4.90 Å². The van der Waals surface area contributed by atoms with Gasteiger partial charge in [0.15, 0.2) is 0 Å². The standard InChI is InChI=1S/C26H53N/c1-5-7-9-11-12-13-14-15-16-17-18-19-21-23-25-26(27(3)4)24-22-20-10-8-6-2/h14-15,26H,5-13,16-25H2,1-4H3/b15-14-. The molecule has 0 spiro atoms. The number of nitrogens with zero attached hydrogens (tertiary/aromatic N) is 1. The first kappa shape index (κ1) is 26.7. The van der Waals surface area contributed by atoms with Crippen LogP contribution in [0.4, 0.5) is 0 Å². The minimum absolute atomic E-state index is 0.812. The normalized spacial score (nSPS) is 13.1. The van der Waals surface area contributed by atoms with Crippen LogP contribution >= 0.6 is 0 Å². The fraction of sp³-hybridized carbons (Fsp3) is 0.923. The van der Waals surface area contributed by atoms with Gasteiger partial charge in [0, 0.05) is 6.04 Å². The molecule has 0 fully saturated rings. The van der Waals surface area contributed by atoms with Crippen LogP contribution in [0.3, 0.4) is 0 Å². The molecule has 0 N–H and O–H groups in total. The lowest BCUT2D eigenvalue weighted by Gasteiger charge is -2.24. The van der Waals surface area contributed by atoms with E-state index in [1.165, 1.54) is 122 Å². The van der Waals surface area contributed by atoms with E-state index in [0.717, 1.165) is 6.04 Å². The molecule has 0 radical (unpaired) electrons. The van der Waals surface area contributed by atoms with Crippen molar-refractivity contribution in [1.29, 1.82) is 0 Å². The van der Waals surface area contributed by atoms with Gasteiger partial charge in [-0.2, -0.15) is 0 Å². The van der Waals surface area contributed by atoms with Crippen molar-refractivity contribution in [3.05, 3.63) is 12.2 Å². The molecule has 0 saturated carbocycles. The number of unbranched alkanes of at least 4 members (excludes halogenated alkanes) is 14. The third-order valence-corrected chi connectivity index (χ3v) is 5.92. The lowest BCUT2D eigenvalue weighted by atomic mass is 9.99. The summed E-state index contributed by atoms with van der Waals surface area (Å²) in [4.78, 5) is 2.47. The molecule has 0 saturated heterocycles. The minimum Gasteiger partial charge on any atom is -0.306 e. The SMILES string of the molecule is CCCCCCC/C=C\CCCCCCCC(CCCCCCC)N(C)C. The Morgan fingerprint density at radius 3 is 1.30 bits per heavy atom. The van der Waals surface area contributed by atoms with Crippen molar-refractivity contribution in [2.24, 2.45) is 0 Å². The molecular weight excluding hydrogens is 326 g/mol. The Labute approximate surface area is 173 Å². The van der Waals surface area contributed by atoms with Crippen LogP contribution in [0.1, 0.15) is 136 Å². The highest BCUT2D eigenvalue weighted by Crippen LogP contribution is 2.17. The Morgan fingerprint density at radius 2 is 0.889 bits per heavy atom. The van der Waals surface area contributed by atoms with Crippen molar-refractivity contribution in [2.75, 3.05) is 14.1 Å². The van der Waals surface area contributed by atoms with E-state index in [4.69, 9.17) is 0 Å². The van der Waals surface area contributed by atoms with Crippen molar-refractivity contribution < 1.29 is 0 Å². The smallest absolute Gasteiger partial charge is 0.00891 e. The highest BCUT2D eigenvalue weighted by molar-refractivity contribution is 4.81. The molecule has 0 bridgehead atoms. The first-order valence-corrected chi connectivity index (χ1v) is 12.5. The number of hydrogen-bond acceptors (Lipinski definition) is 1. The Kier molecular flexibility index (Phi) is 21.7. The molecule has 0 aromatic rings. The molecule has 0 heterocycles. The van der Waals surface area contributed by atoms with Gasteiger partial charge in [0.25, 0.3) is 0 Å². The van der Waals surface area contributed by atoms with Gasteiger partial charge in [0.05, 0.1) is 0 Å². The molecule has 0 aromatic carbocycles. The molecule has 0 aliphatic heterocycles. The first-order chi connectivity index (χ1) is 13.2. The summed E-state index contributed by atoms with van der Waals surface area (Å²) in [6, 6.07) is 0.812. The predicted octanol–water partition coefficient (Wildman–Crippen LogP) is 8.92. The van der Waals surface area contributed by atoms with Gasteiger partial charge in [-0.25, -0.2) is 0 Å². The second-order valence-electron chi connectivity index (χ2n) is 8.84. The average molecular weight is 380 g/mol. The zero-order chi connectivity index (χ0) is 20.0. The van der Waals surface area contributed by atoms with Crippen LogP contribution in [0.25, 0.3) is 0 Å². The lowest BCUT2D eigenvalue weighted by Crippen LogP contribution is -2.27. The first-order valence-electron chi connectivity index (χ1n) is 12.5. The lowest BCUT2D eigenvalue weighted by molar-refractivity contribution is 0.251. The van der Waals surface area contributed by atoms with Gasteiger partial charge in [0.1, 0.15) is 0 Å². The molecular formula is C26H53N. The number of rotatable bonds is 21. The number of hydrogen-bond donors (Lipinski definition) is 0. The molecule has 27 heavy (non-hydrogen) atoms. The molecule has 0 aliphatic rings. The zero-order valence-corrected chi connectivity index (χ0v) is 19.6. The van der Waals surface area contributed by atoms with Gasteiger partial charge >= 0.3 is 0 Å². The molecule has 1 nitrogen and oxygen atoms in total. The van der Waals surface area contributed by atoms with Crippen LogP contribution in [0.2, 0.25) is 0 Å². The summed E-state index contributed by atoms with van der Waals surface area (Å²) in [5.74, 6) is 0. The van der Waals surface area contributed by atoms with Crippen LogP contribution in [-0.4, -0.2) is 25.0 Å². The van der Waals surface area contributed by atoms with E-state index in [0.29, 0.717) is 0 Å². The van der Waals surface area contributed by atoms with Crippen molar-refractivity contribution >= 4 is 0 Å². The predicted molar refractivity (Wildman–Crippen MR) is 126 cm³/mol. The van der Waals surface area contributed by atoms with Crippen molar-refractivity contribution in [1.82, 2.24) is 4.90 Å². The van der Waals surface area contributed by atoms with E-state index < -0.39 is 0 Å². The summed E-state index contributed by atoms with van der Waals surface area (Å²) in [6.45, 7) is 4.59. The fourth-order valence-electron chi connectivity index (χ4n) is 3.92. The van der Waals surface area contributed by atoms with Crippen molar-refractivity contribution in [3.8, 4) is 0 Å². The molecule has 162 valence electrons. The highest BCUT2D eigenvalue weighted by Gasteiger charge is 2.10. The summed E-state index contributed by atoms with van der Waals surface area (Å²) in [6.07, 6.45) is 31.4. The largest absolute Gasteiger partial charge is 0.306 e. The van der Waals surface area contributed by atoms with E-state index in [1.54, 1.807) is 0 Å². The third-order valence-electron chi connectivity index (χ3n) is 5.92. The van der Waals surface area contributed by atoms with Gasteiger partial charge in [-0.3, -0.25) is 0 Å². The summed E-state index contributed by atoms with van der Waals surface area (Å²) >= 11 is 0. The maximum atomic E-state index is 2.47. The Hall–Kier alpha value is -0.300. The summed E-state index contributed by atoms with van der Waals surface area (Å²) in [5.41, 5.74) is 0. The van der Waals surface area contributed by atoms with Gasteiger partial charge in [-0.1, -0.05) is 109 Å². The summed E-state index contributed by atoms with van der Waals surface area (Å²) in [7, 11) is 4.54. The van der Waals surface area contributed by atoms with Crippen molar-refractivity contribution in [3.63, 3.8) is 0 Å². The van der Waals surface area contributed by atoms with Gasteiger partial charge in [-0.15, -0.1) is 0 Å². The Bertz CT molecular complexity index is 295. The fourth-order valence-corrected chi connectivity index (χ4v) is 3.92. The van der Waals surface area contributed by atoms with Crippen LogP contribution < -0.4 is 0 Å². The van der Waals surface area contributed by atoms with E-state index in [2.05, 4.69) is 45.0 Å². The molecule has 1 atom stereocenters. The second-order valence-corrected chi connectivity index (χ2v) is 8.84. The second kappa shape index (κ2) is 22.0. The zero-order valence-electron chi connectivity index (χ0n) is 19.6. The maximum absolute atomic E-state index is 2.47. The van der Waals surface area contributed by atoms with Gasteiger partial charge in [0.2, 0.25) is 0 Å². The topological polar surface area (TPSA) is 3.24 Å². The van der Waals surface area contributed by atoms with E-state index >= 15 is 0 Å². The number of allylic oxidation sites excluding steroid dienone is 2. The molecule has 0 aromatic heterocycles. The quantitative estimate of drug-likeness (QED) is 0.142. The summed E-state index contributed by atoms with van der Waals surface area (Å²) < 4.78 is 0. The molecule has 1 unspecified atom stereocenters. The van der Waals surface area contributed by atoms with E-state index in [9.17, 15) is 0 Å². The average Bonchev–Trinajstić information content (AvgIpc) is 2.66. The molecule has 0 rings (SSSR count). The molecule has 0 aliphatic carbocycles. The van der Waals surface area contributed by atoms with Crippen LogP contribution in [-0.2, 0) is 0 Å². The Balaban J connectivity index is 3.44.